The van der Waals surface area contributed by atoms with E-state index in [0.29, 0.717) is 6.54 Å². The Morgan fingerprint density at radius 1 is 1.03 bits per heavy atom. The number of carbonyl (C=O) groups is 1. The molecule has 1 aliphatic carbocycles. The number of allylic oxidation sites excluding steroid dienone is 1. The number of carbonyl (C=O) groups excluding carboxylic acids is 1. The molecule has 0 atom stereocenters. The van der Waals surface area contributed by atoms with Crippen molar-refractivity contribution in [3.8, 4) is 0 Å². The van der Waals surface area contributed by atoms with E-state index in [9.17, 15) is 17.6 Å². The second-order valence-corrected chi connectivity index (χ2v) is 8.85. The molecule has 1 N–H and O–H groups in total. The summed E-state index contributed by atoms with van der Waals surface area (Å²) in [7, 11) is -4.10. The number of benzene rings is 2. The van der Waals surface area contributed by atoms with Gasteiger partial charge in [-0.1, -0.05) is 42.0 Å². The number of para-hydroxylation sites is 1. The third-order valence-corrected chi connectivity index (χ3v) is 6.67. The predicted octanol–water partition coefficient (Wildman–Crippen LogP) is 4.03. The number of nitrogens with one attached hydrogen (secondary N) is 1. The summed E-state index contributed by atoms with van der Waals surface area (Å²) in [6.45, 7) is -0.0572. The van der Waals surface area contributed by atoms with E-state index in [0.717, 1.165) is 30.0 Å². The van der Waals surface area contributed by atoms with Crippen LogP contribution in [0.5, 0.6) is 0 Å². The molecule has 0 saturated carbocycles. The highest BCUT2D eigenvalue weighted by Gasteiger charge is 2.28. The lowest BCUT2D eigenvalue weighted by Gasteiger charge is -2.24. The Morgan fingerprint density at radius 3 is 2.45 bits per heavy atom. The van der Waals surface area contributed by atoms with E-state index in [4.69, 9.17) is 0 Å². The summed E-state index contributed by atoms with van der Waals surface area (Å²) >= 11 is 0. The van der Waals surface area contributed by atoms with Gasteiger partial charge in [0.2, 0.25) is 5.91 Å². The predicted molar refractivity (Wildman–Crippen MR) is 112 cm³/mol. The molecule has 0 heterocycles. The molecule has 5 nitrogen and oxygen atoms in total. The molecule has 2 aromatic rings. The van der Waals surface area contributed by atoms with E-state index in [-0.39, 0.29) is 10.6 Å². The first-order valence-electron chi connectivity index (χ1n) is 9.75. The van der Waals surface area contributed by atoms with Gasteiger partial charge in [0.15, 0.2) is 0 Å². The number of rotatable bonds is 8. The van der Waals surface area contributed by atoms with Gasteiger partial charge >= 0.3 is 0 Å². The topological polar surface area (TPSA) is 66.5 Å². The van der Waals surface area contributed by atoms with Gasteiger partial charge in [-0.25, -0.2) is 12.8 Å². The van der Waals surface area contributed by atoms with Crippen molar-refractivity contribution in [2.45, 2.75) is 37.0 Å². The zero-order chi connectivity index (χ0) is 20.7. The maximum atomic E-state index is 14.4. The Hall–Kier alpha value is -2.67. The van der Waals surface area contributed by atoms with E-state index in [1.54, 1.807) is 24.3 Å². The molecule has 3 rings (SSSR count). The molecule has 1 aliphatic rings. The molecule has 0 unspecified atom stereocenters. The molecule has 0 aromatic heterocycles. The molecule has 2 aromatic carbocycles. The van der Waals surface area contributed by atoms with Crippen molar-refractivity contribution >= 4 is 21.6 Å². The summed E-state index contributed by atoms with van der Waals surface area (Å²) in [5, 5.41) is 2.76. The average molecular weight is 417 g/mol. The second kappa shape index (κ2) is 9.69. The van der Waals surface area contributed by atoms with Crippen molar-refractivity contribution in [3.05, 3.63) is 72.1 Å². The summed E-state index contributed by atoms with van der Waals surface area (Å²) in [4.78, 5) is 12.5. The highest BCUT2D eigenvalue weighted by molar-refractivity contribution is 7.92. The van der Waals surface area contributed by atoms with Crippen LogP contribution < -0.4 is 9.62 Å². The number of halogens is 1. The third-order valence-electron chi connectivity index (χ3n) is 4.89. The lowest BCUT2D eigenvalue weighted by atomic mass is 9.97. The summed E-state index contributed by atoms with van der Waals surface area (Å²) in [5.41, 5.74) is 1.17. The van der Waals surface area contributed by atoms with Crippen LogP contribution in [-0.2, 0) is 14.8 Å². The van der Waals surface area contributed by atoms with Crippen LogP contribution in [0.25, 0.3) is 0 Å². The first-order valence-corrected chi connectivity index (χ1v) is 11.2. The fourth-order valence-electron chi connectivity index (χ4n) is 3.35. The Balaban J connectivity index is 1.76. The van der Waals surface area contributed by atoms with Gasteiger partial charge < -0.3 is 5.32 Å². The zero-order valence-electron chi connectivity index (χ0n) is 16.2. The maximum absolute atomic E-state index is 14.4. The largest absolute Gasteiger partial charge is 0.354 e. The summed E-state index contributed by atoms with van der Waals surface area (Å²) in [6, 6.07) is 13.3. The Morgan fingerprint density at radius 2 is 1.76 bits per heavy atom. The molecule has 0 bridgehead atoms. The monoisotopic (exact) mass is 416 g/mol. The molecule has 29 heavy (non-hydrogen) atoms. The molecular formula is C22H25FN2O3S. The van der Waals surface area contributed by atoms with E-state index >= 15 is 0 Å². The SMILES string of the molecule is O=C(CN(c1ccccc1F)S(=O)(=O)c1ccccc1)NCCC1=CCCCC1. The maximum Gasteiger partial charge on any atom is 0.264 e. The van der Waals surface area contributed by atoms with E-state index in [2.05, 4.69) is 11.4 Å². The van der Waals surface area contributed by atoms with Gasteiger partial charge in [0, 0.05) is 6.54 Å². The third kappa shape index (κ3) is 5.44. The van der Waals surface area contributed by atoms with Crippen LogP contribution in [0.2, 0.25) is 0 Å². The highest BCUT2D eigenvalue weighted by atomic mass is 32.2. The number of hydrogen-bond donors (Lipinski definition) is 1. The van der Waals surface area contributed by atoms with Crippen LogP contribution in [-0.4, -0.2) is 27.4 Å². The van der Waals surface area contributed by atoms with E-state index in [1.165, 1.54) is 42.3 Å². The molecular weight excluding hydrogens is 391 g/mol. The first-order chi connectivity index (χ1) is 14.0. The van der Waals surface area contributed by atoms with Gasteiger partial charge in [0.05, 0.1) is 10.6 Å². The number of sulfonamides is 1. The lowest BCUT2D eigenvalue weighted by Crippen LogP contribution is -2.41. The van der Waals surface area contributed by atoms with Crippen LogP contribution in [0, 0.1) is 5.82 Å². The quantitative estimate of drug-likeness (QED) is 0.661. The van der Waals surface area contributed by atoms with Gasteiger partial charge in [-0.2, -0.15) is 0 Å². The Bertz CT molecular complexity index is 975. The fourth-order valence-corrected chi connectivity index (χ4v) is 4.80. The minimum Gasteiger partial charge on any atom is -0.354 e. The number of anilines is 1. The van der Waals surface area contributed by atoms with Crippen LogP contribution >= 0.6 is 0 Å². The van der Waals surface area contributed by atoms with Crippen molar-refractivity contribution in [2.24, 2.45) is 0 Å². The summed E-state index contributed by atoms with van der Waals surface area (Å²) in [6.07, 6.45) is 7.43. The Labute approximate surface area is 171 Å². The number of hydrogen-bond acceptors (Lipinski definition) is 3. The van der Waals surface area contributed by atoms with Crippen LogP contribution in [0.15, 0.2) is 71.1 Å². The first kappa shape index (κ1) is 21.0. The second-order valence-electron chi connectivity index (χ2n) is 6.98. The van der Waals surface area contributed by atoms with Crippen LogP contribution in [0.1, 0.15) is 32.1 Å². The van der Waals surface area contributed by atoms with E-state index in [1.807, 2.05) is 0 Å². The standard InChI is InChI=1S/C22H25FN2O3S/c23-20-13-7-8-14-21(20)25(29(27,28)19-11-5-2-6-12-19)17-22(26)24-16-15-18-9-3-1-4-10-18/h2,5-9,11-14H,1,3-4,10,15-17H2,(H,24,26). The smallest absolute Gasteiger partial charge is 0.264 e. The summed E-state index contributed by atoms with van der Waals surface area (Å²) < 4.78 is 41.4. The molecule has 0 radical (unpaired) electrons. The average Bonchev–Trinajstić information content (AvgIpc) is 2.74. The van der Waals surface area contributed by atoms with Crippen molar-refractivity contribution in [2.75, 3.05) is 17.4 Å². The van der Waals surface area contributed by atoms with Crippen LogP contribution in [0.3, 0.4) is 0 Å². The molecule has 1 amide bonds. The molecule has 0 aliphatic heterocycles. The lowest BCUT2D eigenvalue weighted by molar-refractivity contribution is -0.119. The van der Waals surface area contributed by atoms with Gasteiger partial charge in [0.25, 0.3) is 10.0 Å². The normalized spacial score (nSPS) is 14.2. The fraction of sp³-hybridized carbons (Fsp3) is 0.318. The zero-order valence-corrected chi connectivity index (χ0v) is 17.0. The molecule has 7 heteroatoms. The van der Waals surface area contributed by atoms with Gasteiger partial charge in [-0.3, -0.25) is 9.10 Å². The van der Waals surface area contributed by atoms with Crippen LogP contribution in [0.4, 0.5) is 10.1 Å². The minimum absolute atomic E-state index is 0.00316. The number of nitrogens with zero attached hydrogens (tertiary/aromatic N) is 1. The van der Waals surface area contributed by atoms with E-state index < -0.39 is 28.3 Å². The van der Waals surface area contributed by atoms with Crippen molar-refractivity contribution in [1.82, 2.24) is 5.32 Å². The van der Waals surface area contributed by atoms with Gasteiger partial charge in [-0.15, -0.1) is 0 Å². The van der Waals surface area contributed by atoms with Crippen molar-refractivity contribution < 1.29 is 17.6 Å². The Kier molecular flexibility index (Phi) is 7.04. The molecule has 0 fully saturated rings. The number of amides is 1. The molecule has 0 spiro atoms. The highest BCUT2D eigenvalue weighted by Crippen LogP contribution is 2.26. The minimum atomic E-state index is -4.10. The van der Waals surface area contributed by atoms with Gasteiger partial charge in [-0.05, 0) is 56.4 Å². The van der Waals surface area contributed by atoms with Crippen molar-refractivity contribution in [3.63, 3.8) is 0 Å². The van der Waals surface area contributed by atoms with Gasteiger partial charge in [0.1, 0.15) is 12.4 Å². The van der Waals surface area contributed by atoms with Crippen molar-refractivity contribution in [1.29, 1.82) is 0 Å². The summed E-state index contributed by atoms with van der Waals surface area (Å²) in [5.74, 6) is -1.17. The molecule has 0 saturated heterocycles. The molecule has 154 valence electrons.